The van der Waals surface area contributed by atoms with Crippen molar-refractivity contribution < 1.29 is 9.53 Å². The van der Waals surface area contributed by atoms with Crippen molar-refractivity contribution in [2.75, 3.05) is 6.61 Å². The van der Waals surface area contributed by atoms with E-state index in [0.29, 0.717) is 27.7 Å². The monoisotopic (exact) mass is 386 g/mol. The summed E-state index contributed by atoms with van der Waals surface area (Å²) in [5.74, 6) is -0.456. The van der Waals surface area contributed by atoms with Gasteiger partial charge in [0.25, 0.3) is 5.56 Å². The first-order valence-corrected chi connectivity index (χ1v) is 9.62. The number of carbonyl (C=O) groups is 1. The minimum absolute atomic E-state index is 0.196. The summed E-state index contributed by atoms with van der Waals surface area (Å²) < 4.78 is 6.99. The van der Waals surface area contributed by atoms with E-state index in [0.717, 1.165) is 22.2 Å². The van der Waals surface area contributed by atoms with Gasteiger partial charge in [-0.15, -0.1) is 0 Å². The van der Waals surface area contributed by atoms with E-state index in [1.807, 2.05) is 62.4 Å². The second kappa shape index (κ2) is 7.17. The quantitative estimate of drug-likeness (QED) is 0.380. The molecule has 0 amide bonds. The topological polar surface area (TPSA) is 61.2 Å². The second-order valence-corrected chi connectivity index (χ2v) is 7.12. The molecule has 0 unspecified atom stereocenters. The maximum Gasteiger partial charge on any atom is 0.340 e. The molecule has 2 aromatic heterocycles. The highest BCUT2D eigenvalue weighted by Crippen LogP contribution is 2.31. The Kier molecular flexibility index (Phi) is 4.66. The first kappa shape index (κ1) is 18.9. The van der Waals surface area contributed by atoms with Gasteiger partial charge in [-0.05, 0) is 52.0 Å². The Balaban J connectivity index is 2.30. The molecule has 0 spiro atoms. The van der Waals surface area contributed by atoms with Crippen LogP contribution in [-0.2, 0) is 4.74 Å². The third-order valence-electron chi connectivity index (χ3n) is 5.13. The highest BCUT2D eigenvalue weighted by atomic mass is 16.5. The van der Waals surface area contributed by atoms with E-state index in [1.54, 1.807) is 18.4 Å². The molecule has 0 fully saturated rings. The Morgan fingerprint density at radius 1 is 1.00 bits per heavy atom. The molecule has 0 bridgehead atoms. The number of hydrogen-bond donors (Lipinski definition) is 0. The van der Waals surface area contributed by atoms with Crippen molar-refractivity contribution in [1.82, 2.24) is 9.55 Å². The average molecular weight is 386 g/mol. The van der Waals surface area contributed by atoms with Gasteiger partial charge in [0.1, 0.15) is 0 Å². The summed E-state index contributed by atoms with van der Waals surface area (Å²) in [7, 11) is 0. The highest BCUT2D eigenvalue weighted by molar-refractivity contribution is 6.17. The standard InChI is InChI=1S/C24H22N2O3/c1-5-29-24(28)21-16(4)25-15(3)20-22(21)18-13-14(2)11-12-19(18)26(23(20)27)17-9-7-6-8-10-17/h6-13H,5H2,1-4H3. The Morgan fingerprint density at radius 3 is 2.41 bits per heavy atom. The van der Waals surface area contributed by atoms with Crippen LogP contribution in [0.4, 0.5) is 0 Å². The van der Waals surface area contributed by atoms with E-state index in [2.05, 4.69) is 4.98 Å². The summed E-state index contributed by atoms with van der Waals surface area (Å²) in [6.45, 7) is 7.60. The zero-order valence-electron chi connectivity index (χ0n) is 16.9. The van der Waals surface area contributed by atoms with E-state index < -0.39 is 5.97 Å². The first-order chi connectivity index (χ1) is 13.9. The first-order valence-electron chi connectivity index (χ1n) is 9.62. The van der Waals surface area contributed by atoms with Crippen LogP contribution < -0.4 is 5.56 Å². The fourth-order valence-corrected chi connectivity index (χ4v) is 3.93. The lowest BCUT2D eigenvalue weighted by Gasteiger charge is -2.18. The SMILES string of the molecule is CCOC(=O)c1c(C)nc(C)c2c(=O)n(-c3ccccc3)c3ccc(C)cc3c12. The molecule has 0 saturated carbocycles. The van der Waals surface area contributed by atoms with Crippen LogP contribution >= 0.6 is 0 Å². The number of esters is 1. The number of para-hydroxylation sites is 1. The minimum Gasteiger partial charge on any atom is -0.462 e. The number of hydrogen-bond acceptors (Lipinski definition) is 4. The molecule has 2 heterocycles. The molecule has 2 aromatic carbocycles. The molecular formula is C24H22N2O3. The summed E-state index contributed by atoms with van der Waals surface area (Å²) >= 11 is 0. The molecule has 0 saturated heterocycles. The van der Waals surface area contributed by atoms with Crippen LogP contribution in [0.3, 0.4) is 0 Å². The van der Waals surface area contributed by atoms with Gasteiger partial charge in [-0.1, -0.05) is 29.8 Å². The molecule has 5 heteroatoms. The maximum atomic E-state index is 13.7. The smallest absolute Gasteiger partial charge is 0.340 e. The molecule has 4 rings (SSSR count). The van der Waals surface area contributed by atoms with E-state index in [1.165, 1.54) is 0 Å². The van der Waals surface area contributed by atoms with Gasteiger partial charge < -0.3 is 4.74 Å². The van der Waals surface area contributed by atoms with Gasteiger partial charge in [0.2, 0.25) is 0 Å². The summed E-state index contributed by atoms with van der Waals surface area (Å²) in [5.41, 5.74) is 3.88. The van der Waals surface area contributed by atoms with Crippen molar-refractivity contribution in [2.24, 2.45) is 0 Å². The van der Waals surface area contributed by atoms with E-state index >= 15 is 0 Å². The molecule has 146 valence electrons. The molecular weight excluding hydrogens is 364 g/mol. The minimum atomic E-state index is -0.456. The van der Waals surface area contributed by atoms with Crippen molar-refractivity contribution in [3.8, 4) is 5.69 Å². The normalized spacial score (nSPS) is 11.2. The molecule has 0 aliphatic heterocycles. The predicted octanol–water partition coefficient (Wildman–Crippen LogP) is 4.64. The maximum absolute atomic E-state index is 13.7. The molecule has 5 nitrogen and oxygen atoms in total. The lowest BCUT2D eigenvalue weighted by Crippen LogP contribution is -2.22. The number of benzene rings is 2. The number of aryl methyl sites for hydroxylation is 3. The van der Waals surface area contributed by atoms with Crippen molar-refractivity contribution in [3.63, 3.8) is 0 Å². The third-order valence-corrected chi connectivity index (χ3v) is 5.13. The molecule has 4 aromatic rings. The summed E-state index contributed by atoms with van der Waals surface area (Å²) in [4.78, 5) is 31.0. The lowest BCUT2D eigenvalue weighted by atomic mass is 9.97. The number of carbonyl (C=O) groups excluding carboxylic acids is 1. The van der Waals surface area contributed by atoms with E-state index in [-0.39, 0.29) is 12.2 Å². The Bertz CT molecular complexity index is 1320. The van der Waals surface area contributed by atoms with Crippen LogP contribution in [-0.4, -0.2) is 22.1 Å². The number of ether oxygens (including phenoxy) is 1. The van der Waals surface area contributed by atoms with Gasteiger partial charge in [0.05, 0.1) is 34.5 Å². The number of aromatic nitrogens is 2. The largest absolute Gasteiger partial charge is 0.462 e. The molecule has 0 aliphatic rings. The molecule has 0 radical (unpaired) electrons. The van der Waals surface area contributed by atoms with Gasteiger partial charge in [-0.3, -0.25) is 14.3 Å². The average Bonchev–Trinajstić information content (AvgIpc) is 2.69. The number of rotatable bonds is 3. The van der Waals surface area contributed by atoms with Gasteiger partial charge >= 0.3 is 5.97 Å². The molecule has 0 N–H and O–H groups in total. The van der Waals surface area contributed by atoms with E-state index in [9.17, 15) is 9.59 Å². The van der Waals surface area contributed by atoms with Crippen LogP contribution in [0, 0.1) is 20.8 Å². The van der Waals surface area contributed by atoms with Crippen LogP contribution in [0.1, 0.15) is 34.2 Å². The Labute approximate surface area is 168 Å². The fourth-order valence-electron chi connectivity index (χ4n) is 3.93. The number of pyridine rings is 2. The van der Waals surface area contributed by atoms with Gasteiger partial charge in [0, 0.05) is 16.5 Å². The highest BCUT2D eigenvalue weighted by Gasteiger charge is 2.23. The zero-order chi connectivity index (χ0) is 20.7. The molecule has 0 atom stereocenters. The van der Waals surface area contributed by atoms with E-state index in [4.69, 9.17) is 4.74 Å². The molecule has 0 aliphatic carbocycles. The van der Waals surface area contributed by atoms with Crippen LogP contribution in [0.25, 0.3) is 27.4 Å². The van der Waals surface area contributed by atoms with Crippen LogP contribution in [0.15, 0.2) is 53.3 Å². The fraction of sp³-hybridized carbons (Fsp3) is 0.208. The summed E-state index contributed by atoms with van der Waals surface area (Å²) in [6, 6.07) is 15.4. The van der Waals surface area contributed by atoms with Crippen LogP contribution in [0.2, 0.25) is 0 Å². The van der Waals surface area contributed by atoms with Crippen molar-refractivity contribution >= 4 is 27.6 Å². The zero-order valence-corrected chi connectivity index (χ0v) is 16.9. The third kappa shape index (κ3) is 2.99. The van der Waals surface area contributed by atoms with Crippen LogP contribution in [0.5, 0.6) is 0 Å². The second-order valence-electron chi connectivity index (χ2n) is 7.12. The lowest BCUT2D eigenvalue weighted by molar-refractivity contribution is 0.0527. The van der Waals surface area contributed by atoms with Gasteiger partial charge in [-0.25, -0.2) is 4.79 Å². The summed E-state index contributed by atoms with van der Waals surface area (Å²) in [5, 5.41) is 1.89. The number of nitrogens with zero attached hydrogens (tertiary/aromatic N) is 2. The van der Waals surface area contributed by atoms with Gasteiger partial charge in [0.15, 0.2) is 0 Å². The Morgan fingerprint density at radius 2 is 1.72 bits per heavy atom. The van der Waals surface area contributed by atoms with Crippen molar-refractivity contribution in [1.29, 1.82) is 0 Å². The van der Waals surface area contributed by atoms with Gasteiger partial charge in [-0.2, -0.15) is 0 Å². The van der Waals surface area contributed by atoms with Crippen molar-refractivity contribution in [3.05, 3.63) is 81.4 Å². The van der Waals surface area contributed by atoms with Crippen molar-refractivity contribution in [2.45, 2.75) is 27.7 Å². The number of fused-ring (bicyclic) bond motifs is 3. The molecule has 29 heavy (non-hydrogen) atoms. The predicted molar refractivity (Wildman–Crippen MR) is 115 cm³/mol. The Hall–Kier alpha value is -3.47. The summed E-state index contributed by atoms with van der Waals surface area (Å²) in [6.07, 6.45) is 0.